The minimum absolute atomic E-state index is 0.129. The standard InChI is InChI=1S/C14H11F2N3O2/c1-8-5-12-17-9(6-13(20)19(12)18-8)7-21-11-4-2-3-10(15)14(11)16/h2-6,18H,7H2,1H3. The van der Waals surface area contributed by atoms with Crippen molar-refractivity contribution in [2.75, 3.05) is 0 Å². The van der Waals surface area contributed by atoms with Gasteiger partial charge >= 0.3 is 0 Å². The molecule has 2 heterocycles. The zero-order valence-corrected chi connectivity index (χ0v) is 11.1. The van der Waals surface area contributed by atoms with Gasteiger partial charge in [0.1, 0.15) is 6.61 Å². The van der Waals surface area contributed by atoms with Crippen LogP contribution in [-0.2, 0) is 6.61 Å². The maximum atomic E-state index is 13.4. The number of halogens is 2. The molecule has 0 radical (unpaired) electrons. The molecule has 21 heavy (non-hydrogen) atoms. The molecule has 0 amide bonds. The molecule has 0 saturated heterocycles. The second kappa shape index (κ2) is 5.01. The summed E-state index contributed by atoms with van der Waals surface area (Å²) in [6.45, 7) is 1.67. The fourth-order valence-electron chi connectivity index (χ4n) is 1.98. The van der Waals surface area contributed by atoms with Crippen LogP contribution in [0.4, 0.5) is 8.78 Å². The number of benzene rings is 1. The van der Waals surface area contributed by atoms with Gasteiger partial charge in [0.15, 0.2) is 17.2 Å². The van der Waals surface area contributed by atoms with Gasteiger partial charge in [-0.15, -0.1) is 0 Å². The van der Waals surface area contributed by atoms with E-state index < -0.39 is 11.6 Å². The van der Waals surface area contributed by atoms with E-state index >= 15 is 0 Å². The Hall–Kier alpha value is -2.70. The van der Waals surface area contributed by atoms with E-state index in [-0.39, 0.29) is 17.9 Å². The maximum absolute atomic E-state index is 13.4. The average molecular weight is 291 g/mol. The summed E-state index contributed by atoms with van der Waals surface area (Å²) >= 11 is 0. The smallest absolute Gasteiger partial charge is 0.273 e. The van der Waals surface area contributed by atoms with E-state index in [2.05, 4.69) is 10.1 Å². The lowest BCUT2D eigenvalue weighted by molar-refractivity contribution is 0.280. The Labute approximate surface area is 117 Å². The third-order valence-electron chi connectivity index (χ3n) is 2.92. The number of aromatic nitrogens is 3. The molecule has 5 nitrogen and oxygen atoms in total. The molecule has 3 rings (SSSR count). The van der Waals surface area contributed by atoms with Crippen molar-refractivity contribution in [3.63, 3.8) is 0 Å². The molecule has 0 aliphatic heterocycles. The normalized spacial score (nSPS) is 11.0. The van der Waals surface area contributed by atoms with Crippen LogP contribution in [0, 0.1) is 18.6 Å². The lowest BCUT2D eigenvalue weighted by Gasteiger charge is -2.07. The van der Waals surface area contributed by atoms with Crippen molar-refractivity contribution in [1.29, 1.82) is 0 Å². The van der Waals surface area contributed by atoms with Gasteiger partial charge in [0.2, 0.25) is 5.82 Å². The topological polar surface area (TPSA) is 59.4 Å². The molecule has 108 valence electrons. The van der Waals surface area contributed by atoms with E-state index in [4.69, 9.17) is 4.74 Å². The van der Waals surface area contributed by atoms with Crippen LogP contribution < -0.4 is 10.3 Å². The third-order valence-corrected chi connectivity index (χ3v) is 2.92. The van der Waals surface area contributed by atoms with E-state index in [9.17, 15) is 13.6 Å². The van der Waals surface area contributed by atoms with Gasteiger partial charge in [-0.05, 0) is 19.1 Å². The van der Waals surface area contributed by atoms with E-state index in [1.807, 2.05) is 0 Å². The molecule has 0 fully saturated rings. The number of fused-ring (bicyclic) bond motifs is 1. The van der Waals surface area contributed by atoms with E-state index in [1.54, 1.807) is 13.0 Å². The van der Waals surface area contributed by atoms with Crippen molar-refractivity contribution in [3.05, 3.63) is 63.7 Å². The second-order valence-corrected chi connectivity index (χ2v) is 4.56. The van der Waals surface area contributed by atoms with Gasteiger partial charge in [-0.3, -0.25) is 9.89 Å². The van der Waals surface area contributed by atoms with Gasteiger partial charge in [0.05, 0.1) is 5.69 Å². The largest absolute Gasteiger partial charge is 0.484 e. The number of nitrogens with zero attached hydrogens (tertiary/aromatic N) is 2. The Bertz CT molecular complexity index is 870. The van der Waals surface area contributed by atoms with Crippen LogP contribution in [0.2, 0.25) is 0 Å². The van der Waals surface area contributed by atoms with Gasteiger partial charge in [0.25, 0.3) is 5.56 Å². The first-order valence-electron chi connectivity index (χ1n) is 6.20. The van der Waals surface area contributed by atoms with Crippen LogP contribution >= 0.6 is 0 Å². The fraction of sp³-hybridized carbons (Fsp3) is 0.143. The molecule has 0 unspecified atom stereocenters. The van der Waals surface area contributed by atoms with Crippen LogP contribution in [0.3, 0.4) is 0 Å². The molecule has 3 aromatic rings. The van der Waals surface area contributed by atoms with Gasteiger partial charge in [0, 0.05) is 17.8 Å². The van der Waals surface area contributed by atoms with Crippen LogP contribution in [-0.4, -0.2) is 14.6 Å². The number of hydrogen-bond donors (Lipinski definition) is 1. The Morgan fingerprint density at radius 2 is 2.14 bits per heavy atom. The molecular weight excluding hydrogens is 280 g/mol. The number of ether oxygens (including phenoxy) is 1. The van der Waals surface area contributed by atoms with Crippen LogP contribution in [0.5, 0.6) is 5.75 Å². The summed E-state index contributed by atoms with van der Waals surface area (Å²) in [7, 11) is 0. The monoisotopic (exact) mass is 291 g/mol. The quantitative estimate of drug-likeness (QED) is 0.804. The number of H-pyrrole nitrogens is 1. The molecule has 0 saturated carbocycles. The summed E-state index contributed by atoms with van der Waals surface area (Å²) < 4.78 is 33.0. The summed E-state index contributed by atoms with van der Waals surface area (Å²) in [5, 5.41) is 2.84. The van der Waals surface area contributed by atoms with Gasteiger partial charge in [-0.1, -0.05) is 6.07 Å². The number of nitrogens with one attached hydrogen (secondary N) is 1. The van der Waals surface area contributed by atoms with Crippen molar-refractivity contribution in [3.8, 4) is 5.75 Å². The number of aromatic amines is 1. The van der Waals surface area contributed by atoms with E-state index in [0.717, 1.165) is 11.8 Å². The molecule has 7 heteroatoms. The number of aryl methyl sites for hydroxylation is 1. The molecular formula is C14H11F2N3O2. The molecule has 0 atom stereocenters. The number of rotatable bonds is 3. The predicted octanol–water partition coefficient (Wildman–Crippen LogP) is 2.19. The Kier molecular flexibility index (Phi) is 3.17. The van der Waals surface area contributed by atoms with Gasteiger partial charge in [-0.25, -0.2) is 13.9 Å². The highest BCUT2D eigenvalue weighted by Crippen LogP contribution is 2.19. The zero-order valence-electron chi connectivity index (χ0n) is 11.1. The first kappa shape index (κ1) is 13.3. The number of hydrogen-bond acceptors (Lipinski definition) is 3. The van der Waals surface area contributed by atoms with Crippen LogP contribution in [0.1, 0.15) is 11.4 Å². The zero-order chi connectivity index (χ0) is 15.0. The molecule has 1 N–H and O–H groups in total. The Morgan fingerprint density at radius 3 is 2.95 bits per heavy atom. The highest BCUT2D eigenvalue weighted by molar-refractivity contribution is 5.39. The lowest BCUT2D eigenvalue weighted by atomic mass is 10.3. The third kappa shape index (κ3) is 2.49. The highest BCUT2D eigenvalue weighted by atomic mass is 19.2. The maximum Gasteiger partial charge on any atom is 0.273 e. The summed E-state index contributed by atoms with van der Waals surface area (Å²) in [6.07, 6.45) is 0. The minimum atomic E-state index is -1.06. The minimum Gasteiger partial charge on any atom is -0.484 e. The van der Waals surface area contributed by atoms with Gasteiger partial charge in [-0.2, -0.15) is 4.39 Å². The van der Waals surface area contributed by atoms with Gasteiger partial charge < -0.3 is 4.74 Å². The summed E-state index contributed by atoms with van der Waals surface area (Å²) in [5.74, 6) is -2.27. The van der Waals surface area contributed by atoms with Crippen molar-refractivity contribution < 1.29 is 13.5 Å². The average Bonchev–Trinajstić information content (AvgIpc) is 2.81. The first-order chi connectivity index (χ1) is 10.0. The molecule has 0 spiro atoms. The molecule has 2 aromatic heterocycles. The lowest BCUT2D eigenvalue weighted by Crippen LogP contribution is -2.16. The van der Waals surface area contributed by atoms with Crippen LogP contribution in [0.25, 0.3) is 5.65 Å². The summed E-state index contributed by atoms with van der Waals surface area (Å²) in [5.41, 5.74) is 1.27. The molecule has 1 aromatic carbocycles. The summed E-state index contributed by atoms with van der Waals surface area (Å²) in [4.78, 5) is 16.1. The first-order valence-corrected chi connectivity index (χ1v) is 6.20. The van der Waals surface area contributed by atoms with E-state index in [0.29, 0.717) is 11.3 Å². The summed E-state index contributed by atoms with van der Waals surface area (Å²) in [6, 6.07) is 6.63. The highest BCUT2D eigenvalue weighted by Gasteiger charge is 2.10. The predicted molar refractivity (Wildman–Crippen MR) is 71.2 cm³/mol. The Balaban J connectivity index is 1.88. The molecule has 0 bridgehead atoms. The van der Waals surface area contributed by atoms with E-state index in [1.165, 1.54) is 22.7 Å². The van der Waals surface area contributed by atoms with Crippen molar-refractivity contribution in [1.82, 2.24) is 14.6 Å². The second-order valence-electron chi connectivity index (χ2n) is 4.56. The van der Waals surface area contributed by atoms with Crippen molar-refractivity contribution in [2.45, 2.75) is 13.5 Å². The van der Waals surface area contributed by atoms with Crippen molar-refractivity contribution in [2.24, 2.45) is 0 Å². The van der Waals surface area contributed by atoms with Crippen LogP contribution in [0.15, 0.2) is 35.1 Å². The fourth-order valence-corrected chi connectivity index (χ4v) is 1.98. The Morgan fingerprint density at radius 1 is 1.33 bits per heavy atom. The molecule has 0 aliphatic rings. The van der Waals surface area contributed by atoms with Crippen molar-refractivity contribution >= 4 is 5.65 Å². The SMILES string of the molecule is Cc1cc2nc(COc3cccc(F)c3F)cc(=O)n2[nH]1. The molecule has 0 aliphatic carbocycles.